The molecule has 0 bridgehead atoms. The van der Waals surface area contributed by atoms with Gasteiger partial charge in [-0.25, -0.2) is 4.98 Å². The van der Waals surface area contributed by atoms with Crippen LogP contribution in [0.5, 0.6) is 17.2 Å². The number of aromatic amines is 1. The molecular formula is C19H15N5O3. The predicted molar refractivity (Wildman–Crippen MR) is 98.3 cm³/mol. The first-order chi connectivity index (χ1) is 13.2. The van der Waals surface area contributed by atoms with E-state index in [-0.39, 0.29) is 11.3 Å². The van der Waals surface area contributed by atoms with Crippen LogP contribution in [0.15, 0.2) is 71.8 Å². The summed E-state index contributed by atoms with van der Waals surface area (Å²) >= 11 is 0. The molecule has 2 aromatic carbocycles. The van der Waals surface area contributed by atoms with E-state index in [9.17, 15) is 4.79 Å². The zero-order valence-electron chi connectivity index (χ0n) is 14.4. The molecule has 0 fully saturated rings. The van der Waals surface area contributed by atoms with Crippen molar-refractivity contribution in [2.45, 2.75) is 0 Å². The van der Waals surface area contributed by atoms with E-state index in [1.54, 1.807) is 43.5 Å². The Morgan fingerprint density at radius 1 is 1.00 bits per heavy atom. The Kier molecular flexibility index (Phi) is 4.36. The Morgan fingerprint density at radius 3 is 2.56 bits per heavy atom. The number of nitrogens with one attached hydrogen (secondary N) is 1. The molecule has 0 aliphatic rings. The van der Waals surface area contributed by atoms with Crippen molar-refractivity contribution in [1.82, 2.24) is 25.0 Å². The van der Waals surface area contributed by atoms with Gasteiger partial charge in [-0.1, -0.05) is 24.3 Å². The lowest BCUT2D eigenvalue weighted by Crippen LogP contribution is -2.21. The first-order valence-corrected chi connectivity index (χ1v) is 8.12. The number of hydrogen-bond donors (Lipinski definition) is 1. The molecule has 0 spiro atoms. The molecule has 0 amide bonds. The number of H-pyrrole nitrogens is 1. The van der Waals surface area contributed by atoms with Crippen molar-refractivity contribution in [3.05, 3.63) is 77.3 Å². The number of para-hydroxylation sites is 1. The number of nitrogens with zero attached hydrogens (tertiary/aromatic N) is 4. The molecule has 27 heavy (non-hydrogen) atoms. The van der Waals surface area contributed by atoms with Crippen molar-refractivity contribution in [2.75, 3.05) is 7.11 Å². The van der Waals surface area contributed by atoms with Gasteiger partial charge in [0, 0.05) is 6.07 Å². The van der Waals surface area contributed by atoms with Gasteiger partial charge in [-0.3, -0.25) is 9.89 Å². The molecular weight excluding hydrogens is 346 g/mol. The molecule has 0 aliphatic heterocycles. The molecule has 1 N–H and O–H groups in total. The van der Waals surface area contributed by atoms with Crippen LogP contribution in [0.3, 0.4) is 0 Å². The highest BCUT2D eigenvalue weighted by Gasteiger charge is 2.17. The van der Waals surface area contributed by atoms with Crippen LogP contribution in [0, 0.1) is 0 Å². The largest absolute Gasteiger partial charge is 0.497 e. The summed E-state index contributed by atoms with van der Waals surface area (Å²) in [7, 11) is 1.56. The van der Waals surface area contributed by atoms with E-state index in [1.807, 2.05) is 18.2 Å². The molecule has 8 nitrogen and oxygen atoms in total. The van der Waals surface area contributed by atoms with Gasteiger partial charge in [0.25, 0.3) is 5.56 Å². The maximum atomic E-state index is 12.7. The molecule has 0 saturated carbocycles. The van der Waals surface area contributed by atoms with Crippen LogP contribution in [0.25, 0.3) is 17.2 Å². The summed E-state index contributed by atoms with van der Waals surface area (Å²) in [6, 6.07) is 17.5. The number of methoxy groups -OCH3 is 1. The quantitative estimate of drug-likeness (QED) is 0.587. The molecule has 0 radical (unpaired) electrons. The van der Waals surface area contributed by atoms with Gasteiger partial charge in [-0.15, -0.1) is 0 Å². The molecule has 4 rings (SSSR count). The number of hydrogen-bond acceptors (Lipinski definition) is 6. The average molecular weight is 361 g/mol. The van der Waals surface area contributed by atoms with Crippen molar-refractivity contribution >= 4 is 0 Å². The van der Waals surface area contributed by atoms with E-state index in [2.05, 4.69) is 20.3 Å². The molecule has 0 aliphatic carbocycles. The summed E-state index contributed by atoms with van der Waals surface area (Å²) in [5, 5.41) is 11.2. The van der Waals surface area contributed by atoms with E-state index in [0.717, 1.165) is 0 Å². The zero-order chi connectivity index (χ0) is 18.6. The smallest absolute Gasteiger partial charge is 0.275 e. The maximum absolute atomic E-state index is 12.7. The predicted octanol–water partition coefficient (Wildman–Crippen LogP) is 2.82. The van der Waals surface area contributed by atoms with Crippen LogP contribution >= 0.6 is 0 Å². The molecule has 4 aromatic rings. The first kappa shape index (κ1) is 16.5. The Labute approximate surface area is 154 Å². The summed E-state index contributed by atoms with van der Waals surface area (Å²) < 4.78 is 12.3. The SMILES string of the molecule is COc1cccc(-n2nc(-c3nc[nH]n3)c(Oc3ccccc3)cc2=O)c1. The van der Waals surface area contributed by atoms with Crippen LogP contribution in [-0.4, -0.2) is 32.1 Å². The summed E-state index contributed by atoms with van der Waals surface area (Å²) in [5.74, 6) is 1.78. The molecule has 0 atom stereocenters. The third-order valence-electron chi connectivity index (χ3n) is 3.79. The number of benzene rings is 2. The molecule has 0 saturated heterocycles. The third kappa shape index (κ3) is 3.40. The highest BCUT2D eigenvalue weighted by Crippen LogP contribution is 2.28. The lowest BCUT2D eigenvalue weighted by molar-refractivity contribution is 0.414. The lowest BCUT2D eigenvalue weighted by atomic mass is 10.3. The van der Waals surface area contributed by atoms with Crippen LogP contribution in [0.1, 0.15) is 0 Å². The Balaban J connectivity index is 1.85. The van der Waals surface area contributed by atoms with Gasteiger partial charge in [0.05, 0.1) is 18.9 Å². The molecule has 2 heterocycles. The maximum Gasteiger partial charge on any atom is 0.275 e. The highest BCUT2D eigenvalue weighted by atomic mass is 16.5. The van der Waals surface area contributed by atoms with Crippen molar-refractivity contribution in [3.63, 3.8) is 0 Å². The van der Waals surface area contributed by atoms with E-state index in [1.165, 1.54) is 17.1 Å². The van der Waals surface area contributed by atoms with Gasteiger partial charge in [-0.05, 0) is 24.3 Å². The minimum Gasteiger partial charge on any atom is -0.497 e. The normalized spacial score (nSPS) is 10.6. The summed E-state index contributed by atoms with van der Waals surface area (Å²) in [4.78, 5) is 16.8. The fourth-order valence-electron chi connectivity index (χ4n) is 2.54. The van der Waals surface area contributed by atoms with Gasteiger partial charge in [0.1, 0.15) is 17.8 Å². The van der Waals surface area contributed by atoms with Gasteiger partial charge >= 0.3 is 0 Å². The Morgan fingerprint density at radius 2 is 1.81 bits per heavy atom. The Hall–Kier alpha value is -3.94. The van der Waals surface area contributed by atoms with Crippen molar-refractivity contribution < 1.29 is 9.47 Å². The van der Waals surface area contributed by atoms with E-state index in [4.69, 9.17) is 9.47 Å². The number of aromatic nitrogens is 5. The lowest BCUT2D eigenvalue weighted by Gasteiger charge is -2.12. The number of ether oxygens (including phenoxy) is 2. The standard InChI is InChI=1S/C19H15N5O3/c1-26-15-9-5-6-13(10-15)24-17(25)11-16(27-14-7-3-2-4-8-14)18(23-24)19-20-12-21-22-19/h2-12H,1H3,(H,20,21,22). The fourth-order valence-corrected chi connectivity index (χ4v) is 2.54. The summed E-state index contributed by atoms with van der Waals surface area (Å²) in [5.41, 5.74) is 0.540. The molecule has 0 unspecified atom stereocenters. The molecule has 2 aromatic heterocycles. The van der Waals surface area contributed by atoms with Gasteiger partial charge < -0.3 is 9.47 Å². The van der Waals surface area contributed by atoms with Gasteiger partial charge in [0.2, 0.25) is 5.82 Å². The summed E-state index contributed by atoms with van der Waals surface area (Å²) in [6.07, 6.45) is 1.43. The van der Waals surface area contributed by atoms with Crippen molar-refractivity contribution in [1.29, 1.82) is 0 Å². The topological polar surface area (TPSA) is 94.9 Å². The molecule has 134 valence electrons. The number of rotatable bonds is 5. The van der Waals surface area contributed by atoms with Gasteiger partial charge in [-0.2, -0.15) is 14.9 Å². The van der Waals surface area contributed by atoms with E-state index in [0.29, 0.717) is 28.7 Å². The van der Waals surface area contributed by atoms with Gasteiger partial charge in [0.15, 0.2) is 11.4 Å². The van der Waals surface area contributed by atoms with Crippen LogP contribution in [0.4, 0.5) is 0 Å². The highest BCUT2D eigenvalue weighted by molar-refractivity contribution is 5.59. The fraction of sp³-hybridized carbons (Fsp3) is 0.0526. The van der Waals surface area contributed by atoms with Crippen molar-refractivity contribution in [2.24, 2.45) is 0 Å². The van der Waals surface area contributed by atoms with Crippen molar-refractivity contribution in [3.8, 4) is 34.5 Å². The molecule has 8 heteroatoms. The van der Waals surface area contributed by atoms with E-state index < -0.39 is 0 Å². The van der Waals surface area contributed by atoms with Crippen LogP contribution in [-0.2, 0) is 0 Å². The first-order valence-electron chi connectivity index (χ1n) is 8.12. The monoisotopic (exact) mass is 361 g/mol. The van der Waals surface area contributed by atoms with Crippen LogP contribution in [0.2, 0.25) is 0 Å². The second-order valence-electron chi connectivity index (χ2n) is 5.55. The van der Waals surface area contributed by atoms with Crippen LogP contribution < -0.4 is 15.0 Å². The average Bonchev–Trinajstić information content (AvgIpc) is 3.23. The summed E-state index contributed by atoms with van der Waals surface area (Å²) in [6.45, 7) is 0. The third-order valence-corrected chi connectivity index (χ3v) is 3.79. The second-order valence-corrected chi connectivity index (χ2v) is 5.55. The second kappa shape index (κ2) is 7.12. The Bertz CT molecular complexity index is 1110. The zero-order valence-corrected chi connectivity index (χ0v) is 14.4. The minimum atomic E-state index is -0.353. The minimum absolute atomic E-state index is 0.268. The van der Waals surface area contributed by atoms with E-state index >= 15 is 0 Å².